The second kappa shape index (κ2) is 13.7. The number of hydrogen-bond acceptors (Lipinski definition) is 6. The molecule has 0 radical (unpaired) electrons. The number of carbonyl (C=O) groups is 3. The lowest BCUT2D eigenvalue weighted by Crippen LogP contribution is -2.49. The molecule has 2 rings (SSSR count). The van der Waals surface area contributed by atoms with Crippen LogP contribution < -0.4 is 21.1 Å². The first-order chi connectivity index (χ1) is 18.7. The van der Waals surface area contributed by atoms with E-state index in [1.807, 2.05) is 6.92 Å². The predicted molar refractivity (Wildman–Crippen MR) is 146 cm³/mol. The van der Waals surface area contributed by atoms with Crippen LogP contribution in [-0.2, 0) is 11.3 Å². The van der Waals surface area contributed by atoms with Crippen LogP contribution >= 0.6 is 0 Å². The zero-order valence-corrected chi connectivity index (χ0v) is 23.3. The minimum absolute atomic E-state index is 0.0146. The molecular formula is C28H36F2N4O6. The average molecular weight is 563 g/mol. The van der Waals surface area contributed by atoms with Gasteiger partial charge >= 0.3 is 6.09 Å². The number of rotatable bonds is 11. The summed E-state index contributed by atoms with van der Waals surface area (Å²) in [6.07, 6.45) is 3.02. The first-order valence-electron chi connectivity index (χ1n) is 12.8. The average Bonchev–Trinajstić information content (AvgIpc) is 2.85. The molecule has 1 atom stereocenters. The first kappa shape index (κ1) is 32.0. The fourth-order valence-electron chi connectivity index (χ4n) is 3.69. The summed E-state index contributed by atoms with van der Waals surface area (Å²) in [7, 11) is 0. The third-order valence-electron chi connectivity index (χ3n) is 5.63. The van der Waals surface area contributed by atoms with E-state index in [0.29, 0.717) is 18.9 Å². The van der Waals surface area contributed by atoms with Gasteiger partial charge in [0, 0.05) is 37.5 Å². The van der Waals surface area contributed by atoms with Gasteiger partial charge in [-0.2, -0.15) is 0 Å². The molecule has 0 aliphatic rings. The van der Waals surface area contributed by atoms with Crippen molar-refractivity contribution >= 4 is 17.9 Å². The lowest BCUT2D eigenvalue weighted by atomic mass is 10.1. The van der Waals surface area contributed by atoms with E-state index in [1.54, 1.807) is 33.8 Å². The van der Waals surface area contributed by atoms with Crippen molar-refractivity contribution in [3.8, 4) is 5.75 Å². The molecule has 218 valence electrons. The molecule has 3 N–H and O–H groups in total. The molecule has 0 aliphatic carbocycles. The number of ether oxygens (including phenoxy) is 1. The molecule has 0 spiro atoms. The third-order valence-corrected chi connectivity index (χ3v) is 5.63. The van der Waals surface area contributed by atoms with Crippen molar-refractivity contribution in [2.45, 2.75) is 59.6 Å². The van der Waals surface area contributed by atoms with Crippen molar-refractivity contribution in [1.29, 1.82) is 0 Å². The molecule has 1 aromatic carbocycles. The molecule has 0 bridgehead atoms. The van der Waals surface area contributed by atoms with E-state index in [4.69, 9.17) is 4.74 Å². The Labute approximate surface area is 231 Å². The van der Waals surface area contributed by atoms with Crippen LogP contribution in [0.25, 0.3) is 0 Å². The maximum Gasteiger partial charge on any atom is 0.429 e. The Bertz CT molecular complexity index is 1320. The van der Waals surface area contributed by atoms with Crippen molar-refractivity contribution in [1.82, 2.24) is 15.3 Å². The number of benzene rings is 1. The summed E-state index contributed by atoms with van der Waals surface area (Å²) in [5.74, 6) is -4.83. The fraction of sp³-hybridized carbons (Fsp3) is 0.429. The van der Waals surface area contributed by atoms with Gasteiger partial charge in [0.25, 0.3) is 11.8 Å². The molecular weight excluding hydrogens is 526 g/mol. The van der Waals surface area contributed by atoms with E-state index < -0.39 is 64.1 Å². The van der Waals surface area contributed by atoms with Crippen LogP contribution in [0.1, 0.15) is 73.9 Å². The number of amides is 3. The van der Waals surface area contributed by atoms with Gasteiger partial charge < -0.3 is 20.5 Å². The monoisotopic (exact) mass is 562 g/mol. The number of pyridine rings is 1. The number of halogens is 2. The van der Waals surface area contributed by atoms with Gasteiger partial charge in [-0.1, -0.05) is 19.1 Å². The number of aromatic nitrogens is 1. The Kier molecular flexibility index (Phi) is 11.0. The normalized spacial score (nSPS) is 11.9. The highest BCUT2D eigenvalue weighted by atomic mass is 19.1. The van der Waals surface area contributed by atoms with Crippen molar-refractivity contribution in [2.24, 2.45) is 5.92 Å². The summed E-state index contributed by atoms with van der Waals surface area (Å²) >= 11 is 0. The maximum absolute atomic E-state index is 14.1. The number of allylic oxidation sites excluding steroid dienone is 1. The molecule has 0 saturated heterocycles. The van der Waals surface area contributed by atoms with Crippen molar-refractivity contribution < 1.29 is 33.0 Å². The van der Waals surface area contributed by atoms with Gasteiger partial charge in [-0.3, -0.25) is 14.4 Å². The van der Waals surface area contributed by atoms with Crippen LogP contribution in [-0.4, -0.2) is 46.4 Å². The largest absolute Gasteiger partial charge is 0.502 e. The van der Waals surface area contributed by atoms with Gasteiger partial charge in [0.2, 0.25) is 5.43 Å². The molecule has 1 aromatic heterocycles. The topological polar surface area (TPSA) is 130 Å². The number of nitrogens with zero attached hydrogens (tertiary/aromatic N) is 2. The summed E-state index contributed by atoms with van der Waals surface area (Å²) in [6.45, 7) is 11.8. The van der Waals surface area contributed by atoms with Crippen molar-refractivity contribution in [2.75, 3.05) is 18.1 Å². The van der Waals surface area contributed by atoms with Crippen LogP contribution in [0.15, 0.2) is 41.8 Å². The molecule has 12 heteroatoms. The zero-order valence-electron chi connectivity index (χ0n) is 23.3. The number of carbonyl (C=O) groups excluding carboxylic acids is 3. The quantitative estimate of drug-likeness (QED) is 0.355. The predicted octanol–water partition coefficient (Wildman–Crippen LogP) is 3.99. The van der Waals surface area contributed by atoms with E-state index >= 15 is 0 Å². The summed E-state index contributed by atoms with van der Waals surface area (Å²) in [5.41, 5.74) is -3.37. The van der Waals surface area contributed by atoms with Crippen LogP contribution in [0.4, 0.5) is 13.6 Å². The van der Waals surface area contributed by atoms with Gasteiger partial charge in [-0.15, -0.1) is 6.58 Å². The molecule has 40 heavy (non-hydrogen) atoms. The minimum Gasteiger partial charge on any atom is -0.502 e. The third kappa shape index (κ3) is 8.39. The van der Waals surface area contributed by atoms with Gasteiger partial charge in [0.15, 0.2) is 11.4 Å². The Balaban J connectivity index is 2.65. The van der Waals surface area contributed by atoms with Crippen molar-refractivity contribution in [3.05, 3.63) is 75.7 Å². The molecule has 0 unspecified atom stereocenters. The number of aromatic hydroxyl groups is 1. The van der Waals surface area contributed by atoms with Crippen LogP contribution in [0.3, 0.4) is 0 Å². The summed E-state index contributed by atoms with van der Waals surface area (Å²) < 4.78 is 33.8. The van der Waals surface area contributed by atoms with Crippen molar-refractivity contribution in [3.63, 3.8) is 0 Å². The molecule has 3 amide bonds. The highest BCUT2D eigenvalue weighted by Gasteiger charge is 2.31. The van der Waals surface area contributed by atoms with E-state index in [2.05, 4.69) is 17.2 Å². The van der Waals surface area contributed by atoms with Crippen LogP contribution in [0.5, 0.6) is 5.75 Å². The lowest BCUT2D eigenvalue weighted by molar-refractivity contribution is 0.0527. The molecule has 0 aliphatic heterocycles. The molecule has 1 heterocycles. The molecule has 0 saturated carbocycles. The Morgan fingerprint density at radius 3 is 2.45 bits per heavy atom. The number of hydrogen-bond donors (Lipinski definition) is 3. The summed E-state index contributed by atoms with van der Waals surface area (Å²) in [4.78, 5) is 52.4. The van der Waals surface area contributed by atoms with Gasteiger partial charge in [0.05, 0.1) is 0 Å². The van der Waals surface area contributed by atoms with E-state index in [9.17, 15) is 33.1 Å². The maximum atomic E-state index is 14.1. The van der Waals surface area contributed by atoms with Crippen LogP contribution in [0, 0.1) is 17.6 Å². The summed E-state index contributed by atoms with van der Waals surface area (Å²) in [5, 5.41) is 16.7. The zero-order chi connectivity index (χ0) is 30.2. The standard InChI is InChI=1S/C28H36F2N4O6/c1-7-9-10-17(3)15-34(27(39)40-28(4,5)6)33-16-20(23(35)24(36)22(33)26(38)31-8-2)25(37)32-14-18-11-12-19(29)13-21(18)30/h7,11-13,16-17,36H,1,8-10,14-15H2,2-6H3,(H,31,38)(H,32,37)/t17-/m0/s1. The van der Waals surface area contributed by atoms with E-state index in [0.717, 1.165) is 28.0 Å². The summed E-state index contributed by atoms with van der Waals surface area (Å²) in [6, 6.07) is 2.79. The number of nitrogens with one attached hydrogen (secondary N) is 2. The van der Waals surface area contributed by atoms with Crippen LogP contribution in [0.2, 0.25) is 0 Å². The fourth-order valence-corrected chi connectivity index (χ4v) is 3.69. The highest BCUT2D eigenvalue weighted by molar-refractivity contribution is 5.99. The second-order valence-electron chi connectivity index (χ2n) is 10.2. The second-order valence-corrected chi connectivity index (χ2v) is 10.2. The van der Waals surface area contributed by atoms with E-state index in [1.165, 1.54) is 0 Å². The lowest BCUT2D eigenvalue weighted by Gasteiger charge is -2.32. The first-order valence-corrected chi connectivity index (χ1v) is 12.8. The van der Waals surface area contributed by atoms with Gasteiger partial charge in [-0.25, -0.2) is 23.3 Å². The smallest absolute Gasteiger partial charge is 0.429 e. The molecule has 2 aromatic rings. The Hall–Kier alpha value is -4.22. The minimum atomic E-state index is -1.18. The Morgan fingerprint density at radius 1 is 1.20 bits per heavy atom. The highest BCUT2D eigenvalue weighted by Crippen LogP contribution is 2.20. The molecule has 0 fully saturated rings. The van der Waals surface area contributed by atoms with Gasteiger partial charge in [0.1, 0.15) is 22.8 Å². The van der Waals surface area contributed by atoms with Gasteiger partial charge in [-0.05, 0) is 52.5 Å². The van der Waals surface area contributed by atoms with E-state index in [-0.39, 0.29) is 24.6 Å². The molecule has 10 nitrogen and oxygen atoms in total. The Morgan fingerprint density at radius 2 is 1.88 bits per heavy atom. The SMILES string of the molecule is C=CCC[C@H](C)CN(C(=O)OC(C)(C)C)n1cc(C(=O)NCc2ccc(F)cc2F)c(=O)c(O)c1C(=O)NCC.